The van der Waals surface area contributed by atoms with Crippen molar-refractivity contribution < 1.29 is 4.74 Å². The fourth-order valence-corrected chi connectivity index (χ4v) is 2.32. The minimum absolute atomic E-state index is 0.356. The molecule has 0 aliphatic carbocycles. The van der Waals surface area contributed by atoms with Gasteiger partial charge in [-0.15, -0.1) is 0 Å². The molecule has 1 fully saturated rings. The molecule has 1 aromatic carbocycles. The van der Waals surface area contributed by atoms with Gasteiger partial charge in [-0.25, -0.2) is 0 Å². The van der Waals surface area contributed by atoms with Crippen LogP contribution in [0.3, 0.4) is 0 Å². The van der Waals surface area contributed by atoms with Crippen molar-refractivity contribution in [2.45, 2.75) is 19.0 Å². The molecule has 3 nitrogen and oxygen atoms in total. The quantitative estimate of drug-likeness (QED) is 0.820. The molecule has 0 aromatic heterocycles. The summed E-state index contributed by atoms with van der Waals surface area (Å²) >= 11 is 0. The van der Waals surface area contributed by atoms with Gasteiger partial charge in [-0.1, -0.05) is 18.2 Å². The number of methoxy groups -OCH3 is 1. The molecule has 1 aliphatic heterocycles. The Morgan fingerprint density at radius 1 is 1.38 bits per heavy atom. The highest BCUT2D eigenvalue weighted by molar-refractivity contribution is 5.37. The summed E-state index contributed by atoms with van der Waals surface area (Å²) in [6.07, 6.45) is 0. The molecule has 1 aromatic rings. The van der Waals surface area contributed by atoms with E-state index < -0.39 is 0 Å². The van der Waals surface area contributed by atoms with Crippen molar-refractivity contribution in [1.29, 1.82) is 0 Å². The molecule has 1 N–H and O–H groups in total. The maximum Gasteiger partial charge on any atom is 0.123 e. The third kappa shape index (κ3) is 2.06. The summed E-state index contributed by atoms with van der Waals surface area (Å²) in [5.74, 6) is 0.974. The topological polar surface area (TPSA) is 24.5 Å². The number of piperazine rings is 1. The first kappa shape index (κ1) is 11.4. The van der Waals surface area contributed by atoms with Gasteiger partial charge >= 0.3 is 0 Å². The number of ether oxygens (including phenoxy) is 1. The Morgan fingerprint density at radius 3 is 2.88 bits per heavy atom. The first-order chi connectivity index (χ1) is 7.74. The van der Waals surface area contributed by atoms with Crippen LogP contribution in [-0.4, -0.2) is 38.2 Å². The van der Waals surface area contributed by atoms with E-state index in [0.29, 0.717) is 12.1 Å². The molecule has 88 valence electrons. The van der Waals surface area contributed by atoms with E-state index in [1.165, 1.54) is 5.56 Å². The number of hydrogen-bond acceptors (Lipinski definition) is 3. The van der Waals surface area contributed by atoms with Crippen LogP contribution in [-0.2, 0) is 0 Å². The minimum Gasteiger partial charge on any atom is -0.496 e. The Balaban J connectivity index is 2.28. The Kier molecular flexibility index (Phi) is 3.46. The maximum absolute atomic E-state index is 5.42. The molecule has 0 spiro atoms. The van der Waals surface area contributed by atoms with Crippen LogP contribution in [0.15, 0.2) is 24.3 Å². The zero-order valence-electron chi connectivity index (χ0n) is 10.2. The zero-order valence-corrected chi connectivity index (χ0v) is 10.2. The standard InChI is InChI=1S/C13H20N2O/c1-10-13(14-8-9-15(10)2)11-6-4-5-7-12(11)16-3/h4-7,10,13-14H,8-9H2,1-3H3. The molecule has 2 unspecified atom stereocenters. The fraction of sp³-hybridized carbons (Fsp3) is 0.538. The van der Waals surface area contributed by atoms with Crippen LogP contribution in [0.5, 0.6) is 5.75 Å². The van der Waals surface area contributed by atoms with Crippen molar-refractivity contribution in [3.63, 3.8) is 0 Å². The van der Waals surface area contributed by atoms with Crippen molar-refractivity contribution in [3.05, 3.63) is 29.8 Å². The molecule has 0 amide bonds. The van der Waals surface area contributed by atoms with Gasteiger partial charge in [0.2, 0.25) is 0 Å². The molecule has 2 rings (SSSR count). The minimum atomic E-state index is 0.356. The Morgan fingerprint density at radius 2 is 2.12 bits per heavy atom. The van der Waals surface area contributed by atoms with Crippen LogP contribution in [0.4, 0.5) is 0 Å². The van der Waals surface area contributed by atoms with Crippen molar-refractivity contribution in [2.75, 3.05) is 27.2 Å². The van der Waals surface area contributed by atoms with E-state index in [0.717, 1.165) is 18.8 Å². The number of hydrogen-bond donors (Lipinski definition) is 1. The van der Waals surface area contributed by atoms with Gasteiger partial charge in [0, 0.05) is 24.7 Å². The molecule has 16 heavy (non-hydrogen) atoms. The van der Waals surface area contributed by atoms with Gasteiger partial charge in [0.15, 0.2) is 0 Å². The van der Waals surface area contributed by atoms with Crippen LogP contribution in [0.1, 0.15) is 18.5 Å². The van der Waals surface area contributed by atoms with Gasteiger partial charge < -0.3 is 15.0 Å². The van der Waals surface area contributed by atoms with Crippen molar-refractivity contribution in [2.24, 2.45) is 0 Å². The lowest BCUT2D eigenvalue weighted by Crippen LogP contribution is -2.49. The summed E-state index contributed by atoms with van der Waals surface area (Å²) in [6.45, 7) is 4.39. The second-order valence-electron chi connectivity index (χ2n) is 4.39. The zero-order chi connectivity index (χ0) is 11.5. The van der Waals surface area contributed by atoms with Crippen LogP contribution in [0, 0.1) is 0 Å². The maximum atomic E-state index is 5.42. The van der Waals surface area contributed by atoms with Crippen LogP contribution >= 0.6 is 0 Å². The molecule has 0 bridgehead atoms. The fourth-order valence-electron chi connectivity index (χ4n) is 2.32. The summed E-state index contributed by atoms with van der Waals surface area (Å²) in [4.78, 5) is 2.38. The van der Waals surface area contributed by atoms with Crippen LogP contribution in [0.25, 0.3) is 0 Å². The van der Waals surface area contributed by atoms with Crippen LogP contribution in [0.2, 0.25) is 0 Å². The van der Waals surface area contributed by atoms with Gasteiger partial charge in [-0.2, -0.15) is 0 Å². The summed E-state index contributed by atoms with van der Waals surface area (Å²) in [7, 11) is 3.91. The smallest absolute Gasteiger partial charge is 0.123 e. The molecule has 0 radical (unpaired) electrons. The second kappa shape index (κ2) is 4.85. The van der Waals surface area contributed by atoms with E-state index in [1.807, 2.05) is 12.1 Å². The highest BCUT2D eigenvalue weighted by atomic mass is 16.5. The average molecular weight is 220 g/mol. The van der Waals surface area contributed by atoms with E-state index in [9.17, 15) is 0 Å². The number of benzene rings is 1. The largest absolute Gasteiger partial charge is 0.496 e. The van der Waals surface area contributed by atoms with Gasteiger partial charge in [0.05, 0.1) is 13.2 Å². The van der Waals surface area contributed by atoms with E-state index in [2.05, 4.69) is 36.3 Å². The first-order valence-corrected chi connectivity index (χ1v) is 5.80. The summed E-state index contributed by atoms with van der Waals surface area (Å²) < 4.78 is 5.42. The molecule has 2 atom stereocenters. The number of rotatable bonds is 2. The SMILES string of the molecule is COc1ccccc1C1NCCN(C)C1C. The molecule has 0 saturated carbocycles. The lowest BCUT2D eigenvalue weighted by Gasteiger charge is -2.38. The first-order valence-electron chi connectivity index (χ1n) is 5.80. The van der Waals surface area contributed by atoms with Crippen molar-refractivity contribution >= 4 is 0 Å². The molecule has 3 heteroatoms. The predicted molar refractivity (Wildman–Crippen MR) is 65.8 cm³/mol. The van der Waals surface area contributed by atoms with Gasteiger partial charge in [0.25, 0.3) is 0 Å². The number of nitrogens with zero attached hydrogens (tertiary/aromatic N) is 1. The molecule has 1 heterocycles. The highest BCUT2D eigenvalue weighted by Gasteiger charge is 2.27. The van der Waals surface area contributed by atoms with E-state index in [1.54, 1.807) is 7.11 Å². The third-order valence-electron chi connectivity index (χ3n) is 3.48. The molecular formula is C13H20N2O. The monoisotopic (exact) mass is 220 g/mol. The third-order valence-corrected chi connectivity index (χ3v) is 3.48. The van der Waals surface area contributed by atoms with Gasteiger partial charge in [0.1, 0.15) is 5.75 Å². The normalized spacial score (nSPS) is 26.7. The van der Waals surface area contributed by atoms with Crippen LogP contribution < -0.4 is 10.1 Å². The number of likely N-dealkylation sites (N-methyl/N-ethyl adjacent to an activating group) is 1. The summed E-state index contributed by atoms with van der Waals surface area (Å²) in [5.41, 5.74) is 1.25. The average Bonchev–Trinajstić information content (AvgIpc) is 2.33. The number of nitrogens with one attached hydrogen (secondary N) is 1. The lowest BCUT2D eigenvalue weighted by atomic mass is 9.96. The highest BCUT2D eigenvalue weighted by Crippen LogP contribution is 2.29. The van der Waals surface area contributed by atoms with E-state index in [4.69, 9.17) is 4.74 Å². The summed E-state index contributed by atoms with van der Waals surface area (Å²) in [6, 6.07) is 9.10. The van der Waals surface area contributed by atoms with Gasteiger partial charge in [-0.3, -0.25) is 0 Å². The predicted octanol–water partition coefficient (Wildman–Crippen LogP) is 1.66. The lowest BCUT2D eigenvalue weighted by molar-refractivity contribution is 0.162. The van der Waals surface area contributed by atoms with Crippen molar-refractivity contribution in [3.8, 4) is 5.75 Å². The second-order valence-corrected chi connectivity index (χ2v) is 4.39. The Labute approximate surface area is 97.4 Å². The Hall–Kier alpha value is -1.06. The summed E-state index contributed by atoms with van der Waals surface area (Å²) in [5, 5.41) is 3.57. The van der Waals surface area contributed by atoms with Crippen molar-refractivity contribution in [1.82, 2.24) is 10.2 Å². The Bertz CT molecular complexity index is 354. The molecule has 1 saturated heterocycles. The number of para-hydroxylation sites is 1. The molecule has 1 aliphatic rings. The van der Waals surface area contributed by atoms with E-state index >= 15 is 0 Å². The van der Waals surface area contributed by atoms with Gasteiger partial charge in [-0.05, 0) is 20.0 Å². The molecular weight excluding hydrogens is 200 g/mol. The van der Waals surface area contributed by atoms with E-state index in [-0.39, 0.29) is 0 Å².